The highest BCUT2D eigenvalue weighted by Gasteiger charge is 1.98. The van der Waals surface area contributed by atoms with Crippen LogP contribution in [0.15, 0.2) is 42.6 Å². The minimum absolute atomic E-state index is 0.278. The fourth-order valence-electron chi connectivity index (χ4n) is 1.33. The van der Waals surface area contributed by atoms with Gasteiger partial charge in [-0.15, -0.1) is 0 Å². The molecular weight excluding hydrogens is 198 g/mol. The lowest BCUT2D eigenvalue weighted by Gasteiger charge is -2.04. The number of nitrogens with zero attached hydrogens (tertiary/aromatic N) is 1. The van der Waals surface area contributed by atoms with Crippen LogP contribution in [0.25, 0.3) is 0 Å². The van der Waals surface area contributed by atoms with E-state index in [9.17, 15) is 5.11 Å². The van der Waals surface area contributed by atoms with Gasteiger partial charge >= 0.3 is 0 Å². The first kappa shape index (κ1) is 9.16. The van der Waals surface area contributed by atoms with Crippen LogP contribution in [0.5, 0.6) is 5.88 Å². The summed E-state index contributed by atoms with van der Waals surface area (Å²) in [5.74, 6) is 0.278. The maximum atomic E-state index is 9.40. The quantitative estimate of drug-likeness (QED) is 0.805. The van der Waals surface area contributed by atoms with Crippen LogP contribution in [0.4, 0.5) is 0 Å². The minimum Gasteiger partial charge on any atom is -0.494 e. The lowest BCUT2D eigenvalue weighted by atomic mass is 10.2. The van der Waals surface area contributed by atoms with Crippen LogP contribution in [0.1, 0.15) is 5.56 Å². The van der Waals surface area contributed by atoms with Crippen molar-refractivity contribution in [2.24, 2.45) is 0 Å². The summed E-state index contributed by atoms with van der Waals surface area (Å²) in [7, 11) is 0. The molecule has 2 rings (SSSR count). The number of benzene rings is 1. The van der Waals surface area contributed by atoms with E-state index < -0.39 is 0 Å². The summed E-state index contributed by atoms with van der Waals surface area (Å²) in [6.45, 7) is 0.663. The molecule has 0 amide bonds. The van der Waals surface area contributed by atoms with Crippen LogP contribution in [-0.4, -0.2) is 9.67 Å². The predicted octanol–water partition coefficient (Wildman–Crippen LogP) is 2.90. The van der Waals surface area contributed by atoms with Crippen molar-refractivity contribution < 1.29 is 5.11 Å². The first-order valence-electron chi connectivity index (χ1n) is 4.34. The average Bonchev–Trinajstić information content (AvgIpc) is 2.56. The fourth-order valence-corrected chi connectivity index (χ4v) is 1.45. The Balaban J connectivity index is 2.19. The van der Waals surface area contributed by atoms with Gasteiger partial charge in [0, 0.05) is 11.2 Å². The van der Waals surface area contributed by atoms with Gasteiger partial charge in [0.1, 0.15) is 0 Å². The molecule has 0 atom stereocenters. The van der Waals surface area contributed by atoms with Gasteiger partial charge in [-0.05, 0) is 29.8 Å². The monoisotopic (exact) mass is 207 g/mol. The zero-order valence-corrected chi connectivity index (χ0v) is 8.28. The Labute approximate surface area is 87.4 Å². The molecule has 0 aliphatic carbocycles. The Bertz CT molecular complexity index is 419. The zero-order valence-electron chi connectivity index (χ0n) is 7.52. The van der Waals surface area contributed by atoms with Crippen molar-refractivity contribution in [3.05, 3.63) is 53.2 Å². The summed E-state index contributed by atoms with van der Waals surface area (Å²) in [5, 5.41) is 10.1. The van der Waals surface area contributed by atoms with E-state index in [1.165, 1.54) is 0 Å². The smallest absolute Gasteiger partial charge is 0.191 e. The Hall–Kier alpha value is -1.41. The highest BCUT2D eigenvalue weighted by Crippen LogP contribution is 2.14. The van der Waals surface area contributed by atoms with E-state index in [1.54, 1.807) is 10.6 Å². The molecule has 0 radical (unpaired) electrons. The molecule has 1 heterocycles. The van der Waals surface area contributed by atoms with E-state index in [1.807, 2.05) is 36.5 Å². The summed E-state index contributed by atoms with van der Waals surface area (Å²) in [4.78, 5) is 0. The number of rotatable bonds is 2. The molecule has 0 saturated heterocycles. The maximum Gasteiger partial charge on any atom is 0.191 e. The van der Waals surface area contributed by atoms with Gasteiger partial charge in [0.15, 0.2) is 5.88 Å². The second-order valence-corrected chi connectivity index (χ2v) is 3.56. The largest absolute Gasteiger partial charge is 0.494 e. The Kier molecular flexibility index (Phi) is 2.46. The average molecular weight is 208 g/mol. The van der Waals surface area contributed by atoms with E-state index >= 15 is 0 Å². The molecule has 0 saturated carbocycles. The lowest BCUT2D eigenvalue weighted by molar-refractivity contribution is 0.425. The van der Waals surface area contributed by atoms with Gasteiger partial charge in [-0.2, -0.15) is 0 Å². The van der Waals surface area contributed by atoms with Gasteiger partial charge in [0.25, 0.3) is 0 Å². The van der Waals surface area contributed by atoms with Crippen molar-refractivity contribution in [1.29, 1.82) is 0 Å². The molecule has 2 aromatic rings. The first-order valence-corrected chi connectivity index (χ1v) is 4.72. The number of aromatic nitrogens is 1. The van der Waals surface area contributed by atoms with Crippen molar-refractivity contribution in [2.75, 3.05) is 0 Å². The molecule has 2 nitrogen and oxygen atoms in total. The van der Waals surface area contributed by atoms with Crippen molar-refractivity contribution in [1.82, 2.24) is 4.57 Å². The molecule has 1 aromatic carbocycles. The van der Waals surface area contributed by atoms with Crippen LogP contribution in [0.3, 0.4) is 0 Å². The molecule has 3 heteroatoms. The predicted molar refractivity (Wildman–Crippen MR) is 56.7 cm³/mol. The molecule has 0 bridgehead atoms. The molecule has 1 aromatic heterocycles. The van der Waals surface area contributed by atoms with Crippen molar-refractivity contribution in [3.8, 4) is 5.88 Å². The van der Waals surface area contributed by atoms with E-state index in [2.05, 4.69) is 0 Å². The van der Waals surface area contributed by atoms with Gasteiger partial charge in [-0.25, -0.2) is 0 Å². The Morgan fingerprint density at radius 3 is 2.43 bits per heavy atom. The molecule has 0 spiro atoms. The van der Waals surface area contributed by atoms with Crippen LogP contribution < -0.4 is 0 Å². The lowest BCUT2D eigenvalue weighted by Crippen LogP contribution is -1.96. The maximum absolute atomic E-state index is 9.40. The van der Waals surface area contributed by atoms with Crippen LogP contribution in [0, 0.1) is 0 Å². The van der Waals surface area contributed by atoms with Crippen molar-refractivity contribution >= 4 is 11.6 Å². The third-order valence-corrected chi connectivity index (χ3v) is 2.32. The van der Waals surface area contributed by atoms with E-state index in [0.29, 0.717) is 6.54 Å². The molecule has 1 N–H and O–H groups in total. The molecule has 0 unspecified atom stereocenters. The third kappa shape index (κ3) is 1.91. The molecule has 0 fully saturated rings. The summed E-state index contributed by atoms with van der Waals surface area (Å²) < 4.78 is 1.77. The first-order chi connectivity index (χ1) is 6.75. The third-order valence-electron chi connectivity index (χ3n) is 2.07. The van der Waals surface area contributed by atoms with Crippen LogP contribution >= 0.6 is 11.6 Å². The van der Waals surface area contributed by atoms with E-state index in [-0.39, 0.29) is 5.88 Å². The second-order valence-electron chi connectivity index (χ2n) is 3.12. The molecular formula is C11H10ClNO. The molecule has 0 aliphatic rings. The van der Waals surface area contributed by atoms with Gasteiger partial charge < -0.3 is 9.67 Å². The van der Waals surface area contributed by atoms with Crippen LogP contribution in [0.2, 0.25) is 5.02 Å². The van der Waals surface area contributed by atoms with Gasteiger partial charge in [0.05, 0.1) is 6.54 Å². The van der Waals surface area contributed by atoms with Crippen molar-refractivity contribution in [2.45, 2.75) is 6.54 Å². The highest BCUT2D eigenvalue weighted by molar-refractivity contribution is 6.30. The van der Waals surface area contributed by atoms with E-state index in [4.69, 9.17) is 11.6 Å². The summed E-state index contributed by atoms with van der Waals surface area (Å²) in [6, 6.07) is 11.1. The topological polar surface area (TPSA) is 25.2 Å². The number of halogens is 1. The SMILES string of the molecule is Oc1cccn1Cc1ccc(Cl)cc1. The van der Waals surface area contributed by atoms with Gasteiger partial charge in [0.2, 0.25) is 0 Å². The summed E-state index contributed by atoms with van der Waals surface area (Å²) >= 11 is 5.77. The number of aromatic hydroxyl groups is 1. The van der Waals surface area contributed by atoms with Gasteiger partial charge in [-0.3, -0.25) is 0 Å². The Morgan fingerprint density at radius 1 is 1.14 bits per heavy atom. The number of hydrogen-bond donors (Lipinski definition) is 1. The normalized spacial score (nSPS) is 10.4. The Morgan fingerprint density at radius 2 is 1.86 bits per heavy atom. The van der Waals surface area contributed by atoms with Gasteiger partial charge in [-0.1, -0.05) is 23.7 Å². The minimum atomic E-state index is 0.278. The van der Waals surface area contributed by atoms with E-state index in [0.717, 1.165) is 10.6 Å². The fraction of sp³-hybridized carbons (Fsp3) is 0.0909. The highest BCUT2D eigenvalue weighted by atomic mass is 35.5. The van der Waals surface area contributed by atoms with Crippen molar-refractivity contribution in [3.63, 3.8) is 0 Å². The summed E-state index contributed by atoms with van der Waals surface area (Å²) in [5.41, 5.74) is 1.11. The molecule has 14 heavy (non-hydrogen) atoms. The summed E-state index contributed by atoms with van der Waals surface area (Å²) in [6.07, 6.45) is 1.84. The molecule has 0 aliphatic heterocycles. The van der Waals surface area contributed by atoms with Crippen LogP contribution in [-0.2, 0) is 6.54 Å². The molecule has 72 valence electrons. The second kappa shape index (κ2) is 3.76. The number of hydrogen-bond acceptors (Lipinski definition) is 1. The zero-order chi connectivity index (χ0) is 9.97. The standard InChI is InChI=1S/C11H10ClNO/c12-10-5-3-9(4-6-10)8-13-7-1-2-11(13)14/h1-7,14H,8H2.